The number of benzene rings is 2. The van der Waals surface area contributed by atoms with Gasteiger partial charge in [-0.05, 0) is 51.9 Å². The lowest BCUT2D eigenvalue weighted by atomic mass is 9.91. The summed E-state index contributed by atoms with van der Waals surface area (Å²) in [5.74, 6) is -0.624. The summed E-state index contributed by atoms with van der Waals surface area (Å²) < 4.78 is 1.12. The molecule has 0 bridgehead atoms. The van der Waals surface area contributed by atoms with Gasteiger partial charge in [0.05, 0.1) is 5.71 Å². The molecule has 2 aromatic carbocycles. The Bertz CT molecular complexity index is 664. The maximum Gasteiger partial charge on any atom is 0.238 e. The van der Waals surface area contributed by atoms with Crippen LogP contribution in [0.1, 0.15) is 17.0 Å². The third-order valence-electron chi connectivity index (χ3n) is 3.24. The van der Waals surface area contributed by atoms with Crippen LogP contribution >= 0.6 is 22.6 Å². The SMILES string of the molecule is N=C(c1ccc(I)cc1)C1C(=O)Nc2ccccc21. The number of hydrogen-bond acceptors (Lipinski definition) is 2. The fourth-order valence-corrected chi connectivity index (χ4v) is 2.65. The normalized spacial score (nSPS) is 16.9. The van der Waals surface area contributed by atoms with Crippen molar-refractivity contribution in [3.8, 4) is 0 Å². The van der Waals surface area contributed by atoms with E-state index in [9.17, 15) is 4.79 Å². The van der Waals surface area contributed by atoms with E-state index in [1.807, 2.05) is 48.5 Å². The van der Waals surface area contributed by atoms with Gasteiger partial charge in [0.2, 0.25) is 5.91 Å². The highest BCUT2D eigenvalue weighted by atomic mass is 127. The molecule has 1 amide bonds. The van der Waals surface area contributed by atoms with Crippen molar-refractivity contribution in [3.63, 3.8) is 0 Å². The fourth-order valence-electron chi connectivity index (χ4n) is 2.29. The highest BCUT2D eigenvalue weighted by Gasteiger charge is 2.33. The van der Waals surface area contributed by atoms with Crippen LogP contribution in [0.15, 0.2) is 48.5 Å². The van der Waals surface area contributed by atoms with Crippen molar-refractivity contribution in [1.29, 1.82) is 5.41 Å². The minimum atomic E-state index is -0.503. The number of nitrogens with one attached hydrogen (secondary N) is 2. The summed E-state index contributed by atoms with van der Waals surface area (Å²) >= 11 is 2.22. The number of rotatable bonds is 2. The summed E-state index contributed by atoms with van der Waals surface area (Å²) in [5, 5.41) is 11.1. The average molecular weight is 362 g/mol. The first-order valence-electron chi connectivity index (χ1n) is 5.91. The standard InChI is InChI=1S/C15H11IN2O/c16-10-7-5-9(6-8-10)14(17)13-11-3-1-2-4-12(11)18-15(13)19/h1-8,13,17H,(H,18,19). The first-order chi connectivity index (χ1) is 9.16. The van der Waals surface area contributed by atoms with Gasteiger partial charge in [0.15, 0.2) is 0 Å². The number of halogens is 1. The summed E-state index contributed by atoms with van der Waals surface area (Å²) in [6, 6.07) is 15.2. The number of amides is 1. The van der Waals surface area contributed by atoms with E-state index >= 15 is 0 Å². The molecule has 94 valence electrons. The second-order valence-corrected chi connectivity index (χ2v) is 5.68. The summed E-state index contributed by atoms with van der Waals surface area (Å²) in [6.45, 7) is 0. The maximum absolute atomic E-state index is 12.1. The lowest BCUT2D eigenvalue weighted by Crippen LogP contribution is -2.21. The average Bonchev–Trinajstić information content (AvgIpc) is 2.74. The molecular formula is C15H11IN2O. The maximum atomic E-state index is 12.1. The van der Waals surface area contributed by atoms with Crippen molar-refractivity contribution < 1.29 is 4.79 Å². The predicted octanol–water partition coefficient (Wildman–Crippen LogP) is 3.39. The molecule has 2 N–H and O–H groups in total. The molecule has 0 spiro atoms. The van der Waals surface area contributed by atoms with Crippen LogP contribution in [0.25, 0.3) is 0 Å². The van der Waals surface area contributed by atoms with Gasteiger partial charge in [-0.25, -0.2) is 0 Å². The van der Waals surface area contributed by atoms with Crippen LogP contribution in [0, 0.1) is 8.98 Å². The summed E-state index contributed by atoms with van der Waals surface area (Å²) in [5.41, 5.74) is 2.83. The zero-order valence-electron chi connectivity index (χ0n) is 9.98. The number of para-hydroxylation sites is 1. The van der Waals surface area contributed by atoms with Gasteiger partial charge < -0.3 is 10.7 Å². The zero-order valence-corrected chi connectivity index (χ0v) is 12.1. The van der Waals surface area contributed by atoms with E-state index in [4.69, 9.17) is 5.41 Å². The first-order valence-corrected chi connectivity index (χ1v) is 6.99. The molecular weight excluding hydrogens is 351 g/mol. The number of anilines is 1. The molecule has 1 heterocycles. The van der Waals surface area contributed by atoms with Gasteiger partial charge in [-0.15, -0.1) is 0 Å². The van der Waals surface area contributed by atoms with Crippen molar-refractivity contribution in [2.45, 2.75) is 5.92 Å². The largest absolute Gasteiger partial charge is 0.325 e. The molecule has 19 heavy (non-hydrogen) atoms. The van der Waals surface area contributed by atoms with Gasteiger partial charge in [0, 0.05) is 9.26 Å². The van der Waals surface area contributed by atoms with Gasteiger partial charge in [0.1, 0.15) is 5.92 Å². The first kappa shape index (κ1) is 12.3. The number of carbonyl (C=O) groups is 1. The Balaban J connectivity index is 2.00. The summed E-state index contributed by atoms with van der Waals surface area (Å²) in [4.78, 5) is 12.1. The smallest absolute Gasteiger partial charge is 0.238 e. The summed E-state index contributed by atoms with van der Waals surface area (Å²) in [6.07, 6.45) is 0. The van der Waals surface area contributed by atoms with Gasteiger partial charge in [-0.3, -0.25) is 4.79 Å². The van der Waals surface area contributed by atoms with Gasteiger partial charge >= 0.3 is 0 Å². The summed E-state index contributed by atoms with van der Waals surface area (Å²) in [7, 11) is 0. The molecule has 0 radical (unpaired) electrons. The van der Waals surface area contributed by atoms with E-state index < -0.39 is 5.92 Å². The topological polar surface area (TPSA) is 53.0 Å². The van der Waals surface area contributed by atoms with Crippen LogP contribution in [0.4, 0.5) is 5.69 Å². The number of hydrogen-bond donors (Lipinski definition) is 2. The van der Waals surface area contributed by atoms with Crippen LogP contribution in [-0.4, -0.2) is 11.6 Å². The van der Waals surface area contributed by atoms with Crippen molar-refractivity contribution in [3.05, 3.63) is 63.2 Å². The highest BCUT2D eigenvalue weighted by molar-refractivity contribution is 14.1. The van der Waals surface area contributed by atoms with Crippen molar-refractivity contribution >= 4 is 39.9 Å². The van der Waals surface area contributed by atoms with Crippen LogP contribution in [-0.2, 0) is 4.79 Å². The molecule has 3 rings (SSSR count). The fraction of sp³-hybridized carbons (Fsp3) is 0.0667. The third-order valence-corrected chi connectivity index (χ3v) is 3.95. The van der Waals surface area contributed by atoms with E-state index in [0.717, 1.165) is 20.4 Å². The Morgan fingerprint density at radius 2 is 1.79 bits per heavy atom. The second kappa shape index (κ2) is 4.77. The van der Waals surface area contributed by atoms with Crippen LogP contribution in [0.2, 0.25) is 0 Å². The number of fused-ring (bicyclic) bond motifs is 1. The van der Waals surface area contributed by atoms with E-state index in [2.05, 4.69) is 27.9 Å². The van der Waals surface area contributed by atoms with Gasteiger partial charge in [0.25, 0.3) is 0 Å². The van der Waals surface area contributed by atoms with Gasteiger partial charge in [-0.2, -0.15) is 0 Å². The Morgan fingerprint density at radius 3 is 2.53 bits per heavy atom. The minimum absolute atomic E-state index is 0.121. The van der Waals surface area contributed by atoms with Crippen molar-refractivity contribution in [2.24, 2.45) is 0 Å². The molecule has 0 fully saturated rings. The monoisotopic (exact) mass is 362 g/mol. The molecule has 4 heteroatoms. The van der Waals surface area contributed by atoms with Gasteiger partial charge in [-0.1, -0.05) is 30.3 Å². The Labute approximate surface area is 124 Å². The van der Waals surface area contributed by atoms with Crippen molar-refractivity contribution in [2.75, 3.05) is 5.32 Å². The van der Waals surface area contributed by atoms with E-state index in [-0.39, 0.29) is 5.91 Å². The molecule has 1 atom stereocenters. The molecule has 1 aliphatic rings. The van der Waals surface area contributed by atoms with E-state index in [0.29, 0.717) is 5.71 Å². The minimum Gasteiger partial charge on any atom is -0.325 e. The van der Waals surface area contributed by atoms with Crippen molar-refractivity contribution in [1.82, 2.24) is 0 Å². The molecule has 3 nitrogen and oxygen atoms in total. The van der Waals surface area contributed by atoms with Crippen LogP contribution < -0.4 is 5.32 Å². The van der Waals surface area contributed by atoms with Crippen LogP contribution in [0.3, 0.4) is 0 Å². The Morgan fingerprint density at radius 1 is 1.11 bits per heavy atom. The Hall–Kier alpha value is -1.69. The second-order valence-electron chi connectivity index (χ2n) is 4.43. The molecule has 1 unspecified atom stereocenters. The molecule has 0 saturated carbocycles. The van der Waals surface area contributed by atoms with E-state index in [1.165, 1.54) is 0 Å². The molecule has 1 aliphatic heterocycles. The highest BCUT2D eigenvalue weighted by Crippen LogP contribution is 2.34. The van der Waals surface area contributed by atoms with Crippen LogP contribution in [0.5, 0.6) is 0 Å². The quantitative estimate of drug-likeness (QED) is 0.625. The molecule has 2 aromatic rings. The Kier molecular flexibility index (Phi) is 3.10. The zero-order chi connectivity index (χ0) is 13.4. The number of carbonyl (C=O) groups excluding carboxylic acids is 1. The third kappa shape index (κ3) is 2.16. The lowest BCUT2D eigenvalue weighted by molar-refractivity contribution is -0.115. The lowest BCUT2D eigenvalue weighted by Gasteiger charge is -2.11. The molecule has 0 aromatic heterocycles. The van der Waals surface area contributed by atoms with E-state index in [1.54, 1.807) is 0 Å². The predicted molar refractivity (Wildman–Crippen MR) is 83.8 cm³/mol. The molecule has 0 saturated heterocycles. The molecule has 0 aliphatic carbocycles.